The van der Waals surface area contributed by atoms with E-state index >= 15 is 0 Å². The number of unbranched alkanes of at least 4 members (excludes halogenated alkanes) is 5. The first kappa shape index (κ1) is 11.5. The molecule has 1 aliphatic heterocycles. The Labute approximate surface area is 86.0 Å². The molecule has 3 heteroatoms. The number of hydrogen-bond donors (Lipinski definition) is 0. The van der Waals surface area contributed by atoms with Crippen molar-refractivity contribution >= 4 is 0 Å². The van der Waals surface area contributed by atoms with E-state index in [-0.39, 0.29) is 6.29 Å². The Morgan fingerprint density at radius 2 is 1.64 bits per heavy atom. The van der Waals surface area contributed by atoms with Crippen LogP contribution in [-0.4, -0.2) is 19.5 Å². The highest BCUT2D eigenvalue weighted by Gasteiger charge is 2.14. The Bertz CT molecular complexity index is 171. The van der Waals surface area contributed by atoms with Crippen LogP contribution in [0.15, 0.2) is 0 Å². The van der Waals surface area contributed by atoms with Crippen molar-refractivity contribution in [1.29, 1.82) is 5.26 Å². The molecule has 0 aromatic rings. The summed E-state index contributed by atoms with van der Waals surface area (Å²) >= 11 is 0. The molecular formula is C11H19NO2. The van der Waals surface area contributed by atoms with Crippen LogP contribution in [0.25, 0.3) is 0 Å². The summed E-state index contributed by atoms with van der Waals surface area (Å²) in [6, 6.07) is 2.16. The predicted molar refractivity (Wildman–Crippen MR) is 53.6 cm³/mol. The van der Waals surface area contributed by atoms with Gasteiger partial charge in [-0.1, -0.05) is 19.3 Å². The summed E-state index contributed by atoms with van der Waals surface area (Å²) in [7, 11) is 0. The number of ether oxygens (including phenoxy) is 2. The largest absolute Gasteiger partial charge is 0.350 e. The number of nitrogens with zero attached hydrogens (tertiary/aromatic N) is 1. The molecule has 1 aliphatic rings. The predicted octanol–water partition coefficient (Wildman–Crippen LogP) is 2.61. The van der Waals surface area contributed by atoms with Gasteiger partial charge in [-0.25, -0.2) is 0 Å². The van der Waals surface area contributed by atoms with Crippen molar-refractivity contribution in [3.8, 4) is 6.07 Å². The summed E-state index contributed by atoms with van der Waals surface area (Å²) in [4.78, 5) is 0. The maximum Gasteiger partial charge on any atom is 0.157 e. The zero-order valence-electron chi connectivity index (χ0n) is 8.71. The third kappa shape index (κ3) is 5.21. The fourth-order valence-corrected chi connectivity index (χ4v) is 1.62. The zero-order valence-corrected chi connectivity index (χ0v) is 8.71. The maximum absolute atomic E-state index is 8.33. The van der Waals surface area contributed by atoms with E-state index in [4.69, 9.17) is 14.7 Å². The van der Waals surface area contributed by atoms with Crippen LogP contribution in [0.4, 0.5) is 0 Å². The smallest absolute Gasteiger partial charge is 0.157 e. The van der Waals surface area contributed by atoms with E-state index in [0.717, 1.165) is 26.1 Å². The molecule has 14 heavy (non-hydrogen) atoms. The van der Waals surface area contributed by atoms with Crippen molar-refractivity contribution in [2.24, 2.45) is 0 Å². The summed E-state index contributed by atoms with van der Waals surface area (Å²) < 4.78 is 10.7. The molecule has 0 atom stereocenters. The van der Waals surface area contributed by atoms with E-state index in [1.807, 2.05) is 0 Å². The highest BCUT2D eigenvalue weighted by molar-refractivity contribution is 4.67. The van der Waals surface area contributed by atoms with E-state index in [9.17, 15) is 0 Å². The van der Waals surface area contributed by atoms with Gasteiger partial charge in [-0.15, -0.1) is 0 Å². The second-order valence-electron chi connectivity index (χ2n) is 3.64. The van der Waals surface area contributed by atoms with Gasteiger partial charge < -0.3 is 9.47 Å². The topological polar surface area (TPSA) is 42.2 Å². The lowest BCUT2D eigenvalue weighted by Gasteiger charge is -2.07. The van der Waals surface area contributed by atoms with Gasteiger partial charge in [0.25, 0.3) is 0 Å². The van der Waals surface area contributed by atoms with Crippen LogP contribution < -0.4 is 0 Å². The lowest BCUT2D eigenvalue weighted by Crippen LogP contribution is -2.06. The summed E-state index contributed by atoms with van der Waals surface area (Å²) in [5, 5.41) is 8.33. The fraction of sp³-hybridized carbons (Fsp3) is 0.909. The lowest BCUT2D eigenvalue weighted by atomic mass is 10.1. The molecule has 3 nitrogen and oxygen atoms in total. The second-order valence-corrected chi connectivity index (χ2v) is 3.64. The molecule has 0 amide bonds. The number of rotatable bonds is 7. The monoisotopic (exact) mass is 197 g/mol. The standard InChI is InChI=1S/C11H19NO2/c12-8-6-4-2-1-3-5-7-11-13-9-10-14-11/h11H,1-7,9-10H2. The summed E-state index contributed by atoms with van der Waals surface area (Å²) in [5.74, 6) is 0. The van der Waals surface area contributed by atoms with Crippen LogP contribution >= 0.6 is 0 Å². The van der Waals surface area contributed by atoms with Crippen LogP contribution in [0.2, 0.25) is 0 Å². The molecule has 0 spiro atoms. The van der Waals surface area contributed by atoms with Crippen molar-refractivity contribution < 1.29 is 9.47 Å². The van der Waals surface area contributed by atoms with Crippen molar-refractivity contribution in [1.82, 2.24) is 0 Å². The molecular weight excluding hydrogens is 178 g/mol. The normalized spacial score (nSPS) is 17.1. The Balaban J connectivity index is 1.78. The highest BCUT2D eigenvalue weighted by atomic mass is 16.7. The van der Waals surface area contributed by atoms with Gasteiger partial charge in [0.05, 0.1) is 19.3 Å². The molecule has 0 aromatic heterocycles. The summed E-state index contributed by atoms with van der Waals surface area (Å²) in [6.07, 6.45) is 7.66. The first-order valence-corrected chi connectivity index (χ1v) is 5.53. The molecule has 0 aromatic carbocycles. The molecule has 1 saturated heterocycles. The molecule has 1 heterocycles. The van der Waals surface area contributed by atoms with Crippen molar-refractivity contribution in [2.75, 3.05) is 13.2 Å². The van der Waals surface area contributed by atoms with Crippen LogP contribution in [0.1, 0.15) is 44.9 Å². The number of hydrogen-bond acceptors (Lipinski definition) is 3. The van der Waals surface area contributed by atoms with Gasteiger partial charge in [0.15, 0.2) is 6.29 Å². The Kier molecular flexibility index (Phi) is 6.38. The quantitative estimate of drug-likeness (QED) is 0.589. The Morgan fingerprint density at radius 3 is 2.36 bits per heavy atom. The van der Waals surface area contributed by atoms with Gasteiger partial charge in [0.2, 0.25) is 0 Å². The minimum atomic E-state index is 0.0640. The van der Waals surface area contributed by atoms with Crippen LogP contribution in [-0.2, 0) is 9.47 Å². The summed E-state index contributed by atoms with van der Waals surface area (Å²) in [5.41, 5.74) is 0. The van der Waals surface area contributed by atoms with E-state index in [1.54, 1.807) is 0 Å². The fourth-order valence-electron chi connectivity index (χ4n) is 1.62. The maximum atomic E-state index is 8.33. The average Bonchev–Trinajstić information content (AvgIpc) is 2.69. The summed E-state index contributed by atoms with van der Waals surface area (Å²) in [6.45, 7) is 1.51. The Hall–Kier alpha value is -0.590. The molecule has 80 valence electrons. The molecule has 1 rings (SSSR count). The first-order chi connectivity index (χ1) is 6.93. The van der Waals surface area contributed by atoms with E-state index in [1.165, 1.54) is 25.7 Å². The van der Waals surface area contributed by atoms with Crippen LogP contribution in [0, 0.1) is 11.3 Å². The minimum Gasteiger partial charge on any atom is -0.350 e. The Morgan fingerprint density at radius 1 is 1.00 bits per heavy atom. The minimum absolute atomic E-state index is 0.0640. The van der Waals surface area contributed by atoms with Gasteiger partial charge in [0, 0.05) is 6.42 Å². The van der Waals surface area contributed by atoms with Gasteiger partial charge in [-0.2, -0.15) is 5.26 Å². The third-order valence-corrected chi connectivity index (χ3v) is 2.42. The molecule has 0 N–H and O–H groups in total. The second kappa shape index (κ2) is 7.78. The van der Waals surface area contributed by atoms with Crippen LogP contribution in [0.3, 0.4) is 0 Å². The van der Waals surface area contributed by atoms with Gasteiger partial charge in [-0.3, -0.25) is 0 Å². The van der Waals surface area contributed by atoms with Crippen LogP contribution in [0.5, 0.6) is 0 Å². The van der Waals surface area contributed by atoms with Crippen molar-refractivity contribution in [3.63, 3.8) is 0 Å². The average molecular weight is 197 g/mol. The first-order valence-electron chi connectivity index (χ1n) is 5.53. The molecule has 0 unspecified atom stereocenters. The van der Waals surface area contributed by atoms with Gasteiger partial charge in [-0.05, 0) is 19.3 Å². The zero-order chi connectivity index (χ0) is 10.1. The van der Waals surface area contributed by atoms with Gasteiger partial charge in [0.1, 0.15) is 0 Å². The SMILES string of the molecule is N#CCCCCCCCC1OCCO1. The third-order valence-electron chi connectivity index (χ3n) is 2.42. The van der Waals surface area contributed by atoms with Crippen molar-refractivity contribution in [2.45, 2.75) is 51.2 Å². The molecule has 0 bridgehead atoms. The van der Waals surface area contributed by atoms with Gasteiger partial charge >= 0.3 is 0 Å². The molecule has 1 fully saturated rings. The van der Waals surface area contributed by atoms with E-state index in [0.29, 0.717) is 6.42 Å². The highest BCUT2D eigenvalue weighted by Crippen LogP contribution is 2.13. The molecule has 0 saturated carbocycles. The number of nitriles is 1. The molecule has 0 aliphatic carbocycles. The van der Waals surface area contributed by atoms with E-state index < -0.39 is 0 Å². The van der Waals surface area contributed by atoms with E-state index in [2.05, 4.69) is 6.07 Å². The molecule has 0 radical (unpaired) electrons. The lowest BCUT2D eigenvalue weighted by molar-refractivity contribution is -0.0480. The van der Waals surface area contributed by atoms with Crippen molar-refractivity contribution in [3.05, 3.63) is 0 Å².